The van der Waals surface area contributed by atoms with Crippen LogP contribution >= 0.6 is 15.9 Å². The van der Waals surface area contributed by atoms with E-state index in [0.29, 0.717) is 0 Å². The second kappa shape index (κ2) is 2.09. The Labute approximate surface area is 69.4 Å². The summed E-state index contributed by atoms with van der Waals surface area (Å²) in [6, 6.07) is 6.44. The lowest BCUT2D eigenvalue weighted by molar-refractivity contribution is 0.663. The molecule has 0 heterocycles. The lowest BCUT2D eigenvalue weighted by atomic mass is 9.79. The highest BCUT2D eigenvalue weighted by molar-refractivity contribution is 9.10. The number of fused-ring (bicyclic) bond motifs is 1. The largest absolute Gasteiger partial charge is 0.0608 e. The van der Waals surface area contributed by atoms with Crippen molar-refractivity contribution in [2.45, 2.75) is 19.3 Å². The molecule has 0 N–H and O–H groups in total. The van der Waals surface area contributed by atoms with Gasteiger partial charge in [0.25, 0.3) is 0 Å². The maximum absolute atomic E-state index is 3.52. The molecule has 0 nitrogen and oxygen atoms in total. The molecule has 0 bridgehead atoms. The predicted octanol–water partition coefficient (Wildman–Crippen LogP) is 3.11. The quantitative estimate of drug-likeness (QED) is 0.599. The summed E-state index contributed by atoms with van der Waals surface area (Å²) in [4.78, 5) is 0. The predicted molar refractivity (Wildman–Crippen MR) is 46.3 cm³/mol. The molecule has 1 aliphatic carbocycles. The summed E-state index contributed by atoms with van der Waals surface area (Å²) in [6.45, 7) is 2.27. The van der Waals surface area contributed by atoms with Crippen molar-refractivity contribution >= 4 is 15.9 Å². The zero-order chi connectivity index (χ0) is 7.14. The van der Waals surface area contributed by atoms with Gasteiger partial charge in [-0.1, -0.05) is 35.0 Å². The Morgan fingerprint density at radius 2 is 2.30 bits per heavy atom. The fourth-order valence-electron chi connectivity index (χ4n) is 1.54. The van der Waals surface area contributed by atoms with Crippen molar-refractivity contribution in [1.29, 1.82) is 0 Å². The van der Waals surface area contributed by atoms with Crippen molar-refractivity contribution in [3.05, 3.63) is 33.8 Å². The zero-order valence-corrected chi connectivity index (χ0v) is 7.48. The summed E-state index contributed by atoms with van der Waals surface area (Å²) in [7, 11) is 0. The van der Waals surface area contributed by atoms with Gasteiger partial charge in [-0.25, -0.2) is 0 Å². The fourth-order valence-corrected chi connectivity index (χ4v) is 2.08. The topological polar surface area (TPSA) is 0 Å². The highest BCUT2D eigenvalue weighted by Crippen LogP contribution is 2.38. The zero-order valence-electron chi connectivity index (χ0n) is 5.89. The molecule has 10 heavy (non-hydrogen) atoms. The summed E-state index contributed by atoms with van der Waals surface area (Å²) < 4.78 is 1.28. The van der Waals surface area contributed by atoms with Crippen LogP contribution in [0.5, 0.6) is 0 Å². The molecule has 0 fully saturated rings. The lowest BCUT2D eigenvalue weighted by Crippen LogP contribution is -2.13. The summed E-state index contributed by atoms with van der Waals surface area (Å²) in [5.74, 6) is 0.785. The van der Waals surface area contributed by atoms with E-state index in [1.54, 1.807) is 0 Å². The third-order valence-corrected chi connectivity index (χ3v) is 2.94. The number of benzene rings is 1. The van der Waals surface area contributed by atoms with Crippen LogP contribution in [0.25, 0.3) is 0 Å². The molecule has 0 unspecified atom stereocenters. The molecule has 0 saturated carbocycles. The molecule has 0 aliphatic heterocycles. The molecule has 0 radical (unpaired) electrons. The van der Waals surface area contributed by atoms with Crippen LogP contribution in [0, 0.1) is 0 Å². The third-order valence-electron chi connectivity index (χ3n) is 2.20. The van der Waals surface area contributed by atoms with Gasteiger partial charge in [0.2, 0.25) is 0 Å². The van der Waals surface area contributed by atoms with Crippen LogP contribution in [0.2, 0.25) is 0 Å². The molecule has 0 spiro atoms. The van der Waals surface area contributed by atoms with E-state index in [1.807, 2.05) is 0 Å². The van der Waals surface area contributed by atoms with Crippen LogP contribution in [0.4, 0.5) is 0 Å². The molecule has 52 valence electrons. The van der Waals surface area contributed by atoms with Crippen molar-refractivity contribution in [2.75, 3.05) is 0 Å². The van der Waals surface area contributed by atoms with Crippen LogP contribution in [0.15, 0.2) is 22.7 Å². The van der Waals surface area contributed by atoms with Crippen molar-refractivity contribution in [1.82, 2.24) is 0 Å². The highest BCUT2D eigenvalue weighted by Gasteiger charge is 2.22. The first-order valence-electron chi connectivity index (χ1n) is 3.56. The van der Waals surface area contributed by atoms with Crippen molar-refractivity contribution in [3.63, 3.8) is 0 Å². The molecule has 0 amide bonds. The van der Waals surface area contributed by atoms with Crippen LogP contribution in [-0.4, -0.2) is 0 Å². The van der Waals surface area contributed by atoms with Gasteiger partial charge >= 0.3 is 0 Å². The first kappa shape index (κ1) is 6.41. The van der Waals surface area contributed by atoms with Crippen LogP contribution in [0.3, 0.4) is 0 Å². The Morgan fingerprint density at radius 3 is 2.90 bits per heavy atom. The van der Waals surface area contributed by atoms with Gasteiger partial charge < -0.3 is 0 Å². The molecular weight excluding hydrogens is 188 g/mol. The van der Waals surface area contributed by atoms with Crippen LogP contribution in [-0.2, 0) is 6.42 Å². The lowest BCUT2D eigenvalue weighted by Gasteiger charge is -2.27. The average Bonchev–Trinajstić information content (AvgIpc) is 1.91. The first-order valence-corrected chi connectivity index (χ1v) is 4.35. The second-order valence-electron chi connectivity index (χ2n) is 2.91. The first-order chi connectivity index (χ1) is 4.79. The molecule has 1 heteroatoms. The number of rotatable bonds is 0. The Bertz CT molecular complexity index is 265. The van der Waals surface area contributed by atoms with Gasteiger partial charge in [-0.15, -0.1) is 0 Å². The van der Waals surface area contributed by atoms with E-state index >= 15 is 0 Å². The van der Waals surface area contributed by atoms with E-state index in [1.165, 1.54) is 22.0 Å². The smallest absolute Gasteiger partial charge is 0.0210 e. The molecule has 1 aromatic rings. The Morgan fingerprint density at radius 1 is 1.50 bits per heavy atom. The highest BCUT2D eigenvalue weighted by atomic mass is 79.9. The van der Waals surface area contributed by atoms with Crippen LogP contribution in [0.1, 0.15) is 24.0 Å². The van der Waals surface area contributed by atoms with E-state index in [9.17, 15) is 0 Å². The number of halogens is 1. The van der Waals surface area contributed by atoms with Gasteiger partial charge in [0.15, 0.2) is 0 Å². The van der Waals surface area contributed by atoms with Crippen molar-refractivity contribution < 1.29 is 0 Å². The van der Waals surface area contributed by atoms with Gasteiger partial charge in [0.05, 0.1) is 0 Å². The molecule has 0 saturated heterocycles. The fraction of sp³-hybridized carbons (Fsp3) is 0.333. The third kappa shape index (κ3) is 0.734. The minimum Gasteiger partial charge on any atom is -0.0608 e. The van der Waals surface area contributed by atoms with Crippen molar-refractivity contribution in [2.24, 2.45) is 0 Å². The second-order valence-corrected chi connectivity index (χ2v) is 3.77. The molecule has 1 aliphatic rings. The van der Waals surface area contributed by atoms with E-state index in [-0.39, 0.29) is 0 Å². The summed E-state index contributed by atoms with van der Waals surface area (Å²) in [6.07, 6.45) is 1.25. The standard InChI is InChI=1S/C9H9Br/c1-6-5-8-7(6)3-2-4-9(8)10/h2-4,6H,5H2,1H3/t6-/m0/s1. The molecule has 0 aromatic heterocycles. The Hall–Kier alpha value is -0.300. The monoisotopic (exact) mass is 196 g/mol. The molecule has 2 rings (SSSR count). The van der Waals surface area contributed by atoms with Gasteiger partial charge in [-0.05, 0) is 29.5 Å². The van der Waals surface area contributed by atoms with Gasteiger partial charge in [-0.2, -0.15) is 0 Å². The Kier molecular flexibility index (Phi) is 1.34. The normalized spacial score (nSPS) is 21.6. The average molecular weight is 197 g/mol. The molecule has 1 atom stereocenters. The van der Waals surface area contributed by atoms with Crippen LogP contribution < -0.4 is 0 Å². The summed E-state index contributed by atoms with van der Waals surface area (Å²) in [5.41, 5.74) is 3.03. The minimum atomic E-state index is 0.785. The molecule has 1 aromatic carbocycles. The van der Waals surface area contributed by atoms with E-state index < -0.39 is 0 Å². The number of hydrogen-bond acceptors (Lipinski definition) is 0. The van der Waals surface area contributed by atoms with Gasteiger partial charge in [-0.3, -0.25) is 0 Å². The summed E-state index contributed by atoms with van der Waals surface area (Å²) >= 11 is 3.52. The van der Waals surface area contributed by atoms with Crippen molar-refractivity contribution in [3.8, 4) is 0 Å². The van der Waals surface area contributed by atoms with E-state index in [2.05, 4.69) is 41.1 Å². The van der Waals surface area contributed by atoms with E-state index in [0.717, 1.165) is 5.92 Å². The maximum Gasteiger partial charge on any atom is 0.0210 e. The SMILES string of the molecule is C[C@H]1Cc2c(Br)cccc21. The summed E-state index contributed by atoms with van der Waals surface area (Å²) in [5, 5.41) is 0. The van der Waals surface area contributed by atoms with Gasteiger partial charge in [0.1, 0.15) is 0 Å². The number of hydrogen-bond donors (Lipinski definition) is 0. The van der Waals surface area contributed by atoms with E-state index in [4.69, 9.17) is 0 Å². The minimum absolute atomic E-state index is 0.785. The van der Waals surface area contributed by atoms with Gasteiger partial charge in [0, 0.05) is 4.47 Å². The maximum atomic E-state index is 3.52. The molecular formula is C9H9Br. The Balaban J connectivity index is 2.56.